The lowest BCUT2D eigenvalue weighted by Crippen LogP contribution is -2.39. The van der Waals surface area contributed by atoms with Gasteiger partial charge in [-0.05, 0) is 24.3 Å². The van der Waals surface area contributed by atoms with Crippen LogP contribution in [0.25, 0.3) is 10.9 Å². The number of hydrogen-bond donors (Lipinski definition) is 1. The molecule has 4 heterocycles. The Hall–Kier alpha value is -3.62. The Morgan fingerprint density at radius 1 is 0.972 bits per heavy atom. The van der Waals surface area contributed by atoms with Crippen LogP contribution in [0.1, 0.15) is 28.4 Å². The fourth-order valence-corrected chi connectivity index (χ4v) is 5.67. The Bertz CT molecular complexity index is 1390. The van der Waals surface area contributed by atoms with E-state index >= 15 is 0 Å². The van der Waals surface area contributed by atoms with E-state index in [4.69, 9.17) is 14.5 Å². The number of aromatic nitrogens is 2. The minimum Gasteiger partial charge on any atom is -0.493 e. The zero-order valence-corrected chi connectivity index (χ0v) is 20.5. The van der Waals surface area contributed by atoms with E-state index in [0.29, 0.717) is 38.5 Å². The fourth-order valence-electron chi connectivity index (χ4n) is 4.78. The Morgan fingerprint density at radius 2 is 1.78 bits per heavy atom. The van der Waals surface area contributed by atoms with Gasteiger partial charge >= 0.3 is 0 Å². The molecule has 0 aliphatic carbocycles. The number of carbonyl (C=O) groups is 1. The number of carbonyl (C=O) groups excluding carboxylic acids is 1. The topological polar surface area (TPSA) is 76.6 Å². The molecule has 0 spiro atoms. The van der Waals surface area contributed by atoms with Crippen LogP contribution in [0.2, 0.25) is 0 Å². The maximum Gasteiger partial charge on any atom is 0.255 e. The highest BCUT2D eigenvalue weighted by Gasteiger charge is 2.27. The van der Waals surface area contributed by atoms with Gasteiger partial charge in [-0.2, -0.15) is 0 Å². The Labute approximate surface area is 213 Å². The number of ether oxygens (including phenoxy) is 2. The summed E-state index contributed by atoms with van der Waals surface area (Å²) in [6.07, 6.45) is 4.22. The predicted octanol–water partition coefficient (Wildman–Crippen LogP) is 4.87. The van der Waals surface area contributed by atoms with E-state index in [1.54, 1.807) is 24.2 Å². The number of benzene rings is 2. The van der Waals surface area contributed by atoms with Crippen molar-refractivity contribution in [3.05, 3.63) is 84.2 Å². The second-order valence-corrected chi connectivity index (χ2v) is 9.81. The number of fused-ring (bicyclic) bond motifs is 2. The molecule has 8 heteroatoms. The molecular weight excluding hydrogens is 472 g/mol. The number of morpholine rings is 1. The SMILES string of the molecule is O=C(N[C@H]1CCOc2ccccc21)c1cnc2c(Sc3ccccc3)nccc2c1N1CCOCC1. The van der Waals surface area contributed by atoms with Crippen LogP contribution < -0.4 is 15.0 Å². The summed E-state index contributed by atoms with van der Waals surface area (Å²) in [6.45, 7) is 3.23. The highest BCUT2D eigenvalue weighted by molar-refractivity contribution is 7.99. The van der Waals surface area contributed by atoms with E-state index in [2.05, 4.69) is 27.3 Å². The molecule has 1 fully saturated rings. The van der Waals surface area contributed by atoms with Gasteiger partial charge in [0.1, 0.15) is 16.3 Å². The summed E-state index contributed by atoms with van der Waals surface area (Å²) in [5.74, 6) is 0.689. The molecule has 0 unspecified atom stereocenters. The minimum absolute atomic E-state index is 0.114. The molecule has 6 rings (SSSR count). The van der Waals surface area contributed by atoms with Gasteiger partial charge in [-0.15, -0.1) is 0 Å². The largest absolute Gasteiger partial charge is 0.493 e. The molecule has 7 nitrogen and oxygen atoms in total. The molecule has 2 aromatic heterocycles. The van der Waals surface area contributed by atoms with Gasteiger partial charge in [0.05, 0.1) is 37.1 Å². The summed E-state index contributed by atoms with van der Waals surface area (Å²) >= 11 is 1.58. The highest BCUT2D eigenvalue weighted by Crippen LogP contribution is 2.37. The number of para-hydroxylation sites is 1. The molecule has 2 aliphatic rings. The zero-order valence-electron chi connectivity index (χ0n) is 19.7. The van der Waals surface area contributed by atoms with E-state index in [-0.39, 0.29) is 11.9 Å². The molecule has 1 N–H and O–H groups in total. The number of nitrogens with zero attached hydrogens (tertiary/aromatic N) is 3. The summed E-state index contributed by atoms with van der Waals surface area (Å²) in [6, 6.07) is 19.9. The van der Waals surface area contributed by atoms with Crippen molar-refractivity contribution in [3.8, 4) is 5.75 Å². The standard InChI is InChI=1S/C28H26N4O3S/c33-27(31-23-11-15-35-24-9-5-4-8-20(23)24)22-18-30-25-21(26(22)32-13-16-34-17-14-32)10-12-29-28(25)36-19-6-2-1-3-7-19/h1-10,12,18,23H,11,13-17H2,(H,31,33)/t23-/m0/s1. The lowest BCUT2D eigenvalue weighted by Gasteiger charge is -2.32. The fraction of sp³-hybridized carbons (Fsp3) is 0.250. The first-order chi connectivity index (χ1) is 17.8. The van der Waals surface area contributed by atoms with Gasteiger partial charge in [0.2, 0.25) is 0 Å². The molecule has 0 bridgehead atoms. The molecule has 182 valence electrons. The second-order valence-electron chi connectivity index (χ2n) is 8.75. The van der Waals surface area contributed by atoms with E-state index in [1.165, 1.54) is 0 Å². The van der Waals surface area contributed by atoms with Crippen LogP contribution in [0, 0.1) is 0 Å². The summed E-state index contributed by atoms with van der Waals surface area (Å²) in [5, 5.41) is 4.99. The third-order valence-corrected chi connectivity index (χ3v) is 7.52. The minimum atomic E-state index is -0.137. The summed E-state index contributed by atoms with van der Waals surface area (Å²) in [4.78, 5) is 26.4. The van der Waals surface area contributed by atoms with Crippen molar-refractivity contribution in [2.45, 2.75) is 22.4 Å². The summed E-state index contributed by atoms with van der Waals surface area (Å²) in [7, 11) is 0. The molecule has 1 amide bonds. The number of hydrogen-bond acceptors (Lipinski definition) is 7. The Kier molecular flexibility index (Phi) is 6.44. The average molecular weight is 499 g/mol. The van der Waals surface area contributed by atoms with Crippen molar-refractivity contribution in [1.29, 1.82) is 0 Å². The van der Waals surface area contributed by atoms with E-state index in [1.807, 2.05) is 48.5 Å². The number of nitrogens with one attached hydrogen (secondary N) is 1. The Morgan fingerprint density at radius 3 is 2.64 bits per heavy atom. The van der Waals surface area contributed by atoms with Crippen molar-refractivity contribution in [2.75, 3.05) is 37.8 Å². The molecule has 1 atom stereocenters. The average Bonchev–Trinajstić information content (AvgIpc) is 2.94. The quantitative estimate of drug-likeness (QED) is 0.421. The lowest BCUT2D eigenvalue weighted by atomic mass is 10.00. The van der Waals surface area contributed by atoms with Crippen LogP contribution in [-0.2, 0) is 4.74 Å². The first-order valence-electron chi connectivity index (χ1n) is 12.1. The number of rotatable bonds is 5. The van der Waals surface area contributed by atoms with Gasteiger partial charge < -0.3 is 19.7 Å². The van der Waals surface area contributed by atoms with Crippen molar-refractivity contribution in [3.63, 3.8) is 0 Å². The van der Waals surface area contributed by atoms with E-state index in [0.717, 1.165) is 44.2 Å². The first kappa shape index (κ1) is 22.8. The van der Waals surface area contributed by atoms with Crippen molar-refractivity contribution >= 4 is 34.3 Å². The van der Waals surface area contributed by atoms with Gasteiger partial charge in [0, 0.05) is 47.7 Å². The third-order valence-electron chi connectivity index (χ3n) is 6.52. The molecule has 4 aromatic rings. The lowest BCUT2D eigenvalue weighted by molar-refractivity contribution is 0.0923. The molecule has 0 saturated carbocycles. The van der Waals surface area contributed by atoms with E-state index < -0.39 is 0 Å². The summed E-state index contributed by atoms with van der Waals surface area (Å²) < 4.78 is 11.4. The van der Waals surface area contributed by atoms with Crippen molar-refractivity contribution < 1.29 is 14.3 Å². The van der Waals surface area contributed by atoms with Crippen LogP contribution in [0.15, 0.2) is 83.0 Å². The normalized spacial score (nSPS) is 17.3. The monoisotopic (exact) mass is 498 g/mol. The van der Waals surface area contributed by atoms with Crippen molar-refractivity contribution in [1.82, 2.24) is 15.3 Å². The molecule has 1 saturated heterocycles. The van der Waals surface area contributed by atoms with Crippen LogP contribution in [-0.4, -0.2) is 48.8 Å². The zero-order chi connectivity index (χ0) is 24.3. The number of amides is 1. The number of anilines is 1. The Balaban J connectivity index is 1.40. The first-order valence-corrected chi connectivity index (χ1v) is 13.0. The molecule has 36 heavy (non-hydrogen) atoms. The molecule has 0 radical (unpaired) electrons. The van der Waals surface area contributed by atoms with E-state index in [9.17, 15) is 4.79 Å². The maximum absolute atomic E-state index is 13.7. The third kappa shape index (κ3) is 4.50. The van der Waals surface area contributed by atoms with Crippen LogP contribution in [0.3, 0.4) is 0 Å². The molecule has 2 aromatic carbocycles. The summed E-state index contributed by atoms with van der Waals surface area (Å²) in [5.41, 5.74) is 3.25. The van der Waals surface area contributed by atoms with Crippen LogP contribution in [0.4, 0.5) is 5.69 Å². The highest BCUT2D eigenvalue weighted by atomic mass is 32.2. The smallest absolute Gasteiger partial charge is 0.255 e. The van der Waals surface area contributed by atoms with Gasteiger partial charge in [-0.3, -0.25) is 9.78 Å². The van der Waals surface area contributed by atoms with Gasteiger partial charge in [-0.25, -0.2) is 4.98 Å². The van der Waals surface area contributed by atoms with Crippen molar-refractivity contribution in [2.24, 2.45) is 0 Å². The van der Waals surface area contributed by atoms with Crippen LogP contribution in [0.5, 0.6) is 5.75 Å². The second kappa shape index (κ2) is 10.2. The van der Waals surface area contributed by atoms with Gasteiger partial charge in [-0.1, -0.05) is 48.2 Å². The van der Waals surface area contributed by atoms with Crippen LogP contribution >= 0.6 is 11.8 Å². The molecular formula is C28H26N4O3S. The van der Waals surface area contributed by atoms with Gasteiger partial charge in [0.25, 0.3) is 5.91 Å². The molecule has 2 aliphatic heterocycles. The van der Waals surface area contributed by atoms with Gasteiger partial charge in [0.15, 0.2) is 0 Å². The predicted molar refractivity (Wildman–Crippen MR) is 140 cm³/mol. The number of pyridine rings is 2. The maximum atomic E-state index is 13.7.